The van der Waals surface area contributed by atoms with Gasteiger partial charge in [0.1, 0.15) is 5.75 Å². The zero-order valence-corrected chi connectivity index (χ0v) is 14.6. The molecule has 2 aromatic carbocycles. The quantitative estimate of drug-likeness (QED) is 0.721. The third kappa shape index (κ3) is 7.50. The van der Waals surface area contributed by atoms with E-state index in [4.69, 9.17) is 24.5 Å². The smallest absolute Gasteiger partial charge is 0.414 e. The number of hydrogen-bond donors (Lipinski definition) is 3. The Bertz CT molecular complexity index is 698. The molecule has 0 bridgehead atoms. The molecule has 134 valence electrons. The maximum atomic E-state index is 9.10. The van der Waals surface area contributed by atoms with Gasteiger partial charge < -0.3 is 20.3 Å². The molecule has 6 nitrogen and oxygen atoms in total. The van der Waals surface area contributed by atoms with E-state index in [0.29, 0.717) is 0 Å². The first-order valence-corrected chi connectivity index (χ1v) is 7.69. The summed E-state index contributed by atoms with van der Waals surface area (Å²) >= 11 is 0. The lowest BCUT2D eigenvalue weighted by molar-refractivity contribution is -0.159. The lowest BCUT2D eigenvalue weighted by atomic mass is 10.1. The highest BCUT2D eigenvalue weighted by molar-refractivity contribution is 6.27. The van der Waals surface area contributed by atoms with E-state index in [1.54, 1.807) is 7.11 Å². The van der Waals surface area contributed by atoms with Gasteiger partial charge in [-0.1, -0.05) is 35.9 Å². The van der Waals surface area contributed by atoms with Crippen LogP contribution in [-0.2, 0) is 22.7 Å². The molecule has 3 N–H and O–H groups in total. The Balaban J connectivity index is 0.000000450. The van der Waals surface area contributed by atoms with E-state index >= 15 is 0 Å². The van der Waals surface area contributed by atoms with Crippen molar-refractivity contribution >= 4 is 11.9 Å². The lowest BCUT2D eigenvalue weighted by Gasteiger charge is -2.09. The van der Waals surface area contributed by atoms with Crippen LogP contribution in [-0.4, -0.2) is 29.3 Å². The number of carbonyl (C=O) groups is 2. The third-order valence-corrected chi connectivity index (χ3v) is 3.48. The van der Waals surface area contributed by atoms with Gasteiger partial charge in [0.05, 0.1) is 7.11 Å². The molecule has 0 aromatic heterocycles. The Labute approximate surface area is 147 Å². The molecule has 0 spiro atoms. The second kappa shape index (κ2) is 10.1. The van der Waals surface area contributed by atoms with Crippen molar-refractivity contribution in [2.45, 2.75) is 26.9 Å². The molecule has 0 unspecified atom stereocenters. The Morgan fingerprint density at radius 3 is 2.04 bits per heavy atom. The van der Waals surface area contributed by atoms with Gasteiger partial charge in [-0.15, -0.1) is 0 Å². The number of hydrogen-bond acceptors (Lipinski definition) is 4. The number of rotatable bonds is 5. The first-order chi connectivity index (χ1) is 11.8. The van der Waals surface area contributed by atoms with Crippen molar-refractivity contribution in [3.8, 4) is 5.75 Å². The van der Waals surface area contributed by atoms with Crippen LogP contribution in [0.2, 0.25) is 0 Å². The van der Waals surface area contributed by atoms with Gasteiger partial charge in [0.15, 0.2) is 0 Å². The summed E-state index contributed by atoms with van der Waals surface area (Å²) in [4.78, 5) is 18.2. The molecule has 0 amide bonds. The minimum atomic E-state index is -1.82. The number of carboxylic acids is 2. The fourth-order valence-corrected chi connectivity index (χ4v) is 2.13. The highest BCUT2D eigenvalue weighted by Crippen LogP contribution is 2.12. The highest BCUT2D eigenvalue weighted by atomic mass is 16.5. The van der Waals surface area contributed by atoms with E-state index in [1.807, 2.05) is 12.1 Å². The SMILES string of the molecule is COc1ccc(CNCc2ccc(C)cc2C)cc1.O=C(O)C(=O)O. The Kier molecular flexibility index (Phi) is 8.15. The minimum absolute atomic E-state index is 0.872. The topological polar surface area (TPSA) is 95.9 Å². The maximum Gasteiger partial charge on any atom is 0.414 e. The van der Waals surface area contributed by atoms with E-state index in [0.717, 1.165) is 18.8 Å². The van der Waals surface area contributed by atoms with Crippen LogP contribution in [0, 0.1) is 13.8 Å². The zero-order valence-electron chi connectivity index (χ0n) is 14.6. The standard InChI is InChI=1S/C17H21NO.C2H2O4/c1-13-4-7-16(14(2)10-13)12-18-11-15-5-8-17(19-3)9-6-15;3-1(4)2(5)6/h4-10,18H,11-12H2,1-3H3;(H,3,4)(H,5,6). The van der Waals surface area contributed by atoms with Gasteiger partial charge in [0, 0.05) is 13.1 Å². The van der Waals surface area contributed by atoms with Crippen LogP contribution in [0.3, 0.4) is 0 Å². The number of ether oxygens (including phenoxy) is 1. The van der Waals surface area contributed by atoms with E-state index < -0.39 is 11.9 Å². The van der Waals surface area contributed by atoms with Crippen molar-refractivity contribution in [1.82, 2.24) is 5.32 Å². The van der Waals surface area contributed by atoms with Gasteiger partial charge in [-0.25, -0.2) is 9.59 Å². The van der Waals surface area contributed by atoms with Crippen LogP contribution in [0.15, 0.2) is 42.5 Å². The van der Waals surface area contributed by atoms with E-state index in [-0.39, 0.29) is 0 Å². The third-order valence-electron chi connectivity index (χ3n) is 3.48. The van der Waals surface area contributed by atoms with Gasteiger partial charge in [-0.05, 0) is 42.7 Å². The van der Waals surface area contributed by atoms with Gasteiger partial charge in [0.25, 0.3) is 0 Å². The molecular formula is C19H23NO5. The molecule has 25 heavy (non-hydrogen) atoms. The molecule has 2 rings (SSSR count). The Morgan fingerprint density at radius 2 is 1.56 bits per heavy atom. The van der Waals surface area contributed by atoms with Gasteiger partial charge in [0.2, 0.25) is 0 Å². The van der Waals surface area contributed by atoms with Crippen molar-refractivity contribution in [2.24, 2.45) is 0 Å². The van der Waals surface area contributed by atoms with Crippen LogP contribution in [0.4, 0.5) is 0 Å². The molecule has 0 heterocycles. The van der Waals surface area contributed by atoms with E-state index in [9.17, 15) is 0 Å². The molecule has 0 aliphatic heterocycles. The summed E-state index contributed by atoms with van der Waals surface area (Å²) in [5.41, 5.74) is 5.29. The average molecular weight is 345 g/mol. The first kappa shape index (κ1) is 20.2. The van der Waals surface area contributed by atoms with Crippen molar-refractivity contribution in [3.05, 3.63) is 64.7 Å². The molecule has 0 saturated heterocycles. The Morgan fingerprint density at radius 1 is 0.960 bits per heavy atom. The van der Waals surface area contributed by atoms with Gasteiger partial charge in [-0.3, -0.25) is 0 Å². The number of nitrogens with one attached hydrogen (secondary N) is 1. The Hall–Kier alpha value is -2.86. The van der Waals surface area contributed by atoms with Crippen molar-refractivity contribution in [2.75, 3.05) is 7.11 Å². The predicted octanol–water partition coefficient (Wildman–Crippen LogP) is 2.76. The van der Waals surface area contributed by atoms with Crippen LogP contribution < -0.4 is 10.1 Å². The number of benzene rings is 2. The summed E-state index contributed by atoms with van der Waals surface area (Å²) in [5.74, 6) is -2.75. The second-order valence-corrected chi connectivity index (χ2v) is 5.49. The summed E-state index contributed by atoms with van der Waals surface area (Å²) in [6.45, 7) is 6.06. The van der Waals surface area contributed by atoms with E-state index in [2.05, 4.69) is 49.5 Å². The fourth-order valence-electron chi connectivity index (χ4n) is 2.13. The second-order valence-electron chi connectivity index (χ2n) is 5.49. The van der Waals surface area contributed by atoms with Crippen molar-refractivity contribution in [1.29, 1.82) is 0 Å². The molecule has 0 aliphatic rings. The summed E-state index contributed by atoms with van der Waals surface area (Å²) < 4.78 is 5.15. The van der Waals surface area contributed by atoms with Crippen LogP contribution in [0.1, 0.15) is 22.3 Å². The molecule has 0 radical (unpaired) electrons. The summed E-state index contributed by atoms with van der Waals surface area (Å²) in [5, 5.41) is 18.3. The maximum absolute atomic E-state index is 9.10. The minimum Gasteiger partial charge on any atom is -0.497 e. The summed E-state index contributed by atoms with van der Waals surface area (Å²) in [7, 11) is 1.69. The summed E-state index contributed by atoms with van der Waals surface area (Å²) in [6.07, 6.45) is 0. The van der Waals surface area contributed by atoms with Crippen LogP contribution in [0.5, 0.6) is 5.75 Å². The molecule has 0 fully saturated rings. The zero-order chi connectivity index (χ0) is 18.8. The molecular weight excluding hydrogens is 322 g/mol. The van der Waals surface area contributed by atoms with Crippen LogP contribution >= 0.6 is 0 Å². The average Bonchev–Trinajstić information content (AvgIpc) is 2.58. The molecule has 0 atom stereocenters. The number of methoxy groups -OCH3 is 1. The summed E-state index contributed by atoms with van der Waals surface area (Å²) in [6, 6.07) is 14.8. The molecule has 6 heteroatoms. The molecule has 2 aromatic rings. The highest BCUT2D eigenvalue weighted by Gasteiger charge is 2.04. The number of carboxylic acid groups (broad SMARTS) is 2. The largest absolute Gasteiger partial charge is 0.497 e. The predicted molar refractivity (Wildman–Crippen MR) is 94.7 cm³/mol. The van der Waals surface area contributed by atoms with Crippen LogP contribution in [0.25, 0.3) is 0 Å². The fraction of sp³-hybridized carbons (Fsp3) is 0.263. The van der Waals surface area contributed by atoms with Crippen molar-refractivity contribution in [3.63, 3.8) is 0 Å². The van der Waals surface area contributed by atoms with Crippen molar-refractivity contribution < 1.29 is 24.5 Å². The van der Waals surface area contributed by atoms with E-state index in [1.165, 1.54) is 22.3 Å². The normalized spacial score (nSPS) is 9.72. The monoisotopic (exact) mass is 345 g/mol. The van der Waals surface area contributed by atoms with Gasteiger partial charge >= 0.3 is 11.9 Å². The molecule has 0 saturated carbocycles. The lowest BCUT2D eigenvalue weighted by Crippen LogP contribution is -2.13. The first-order valence-electron chi connectivity index (χ1n) is 7.69. The van der Waals surface area contributed by atoms with Gasteiger partial charge in [-0.2, -0.15) is 0 Å². The molecule has 0 aliphatic carbocycles. The number of aliphatic carboxylic acids is 2. The number of aryl methyl sites for hydroxylation is 2.